The normalized spacial score (nSPS) is 12.9. The summed E-state index contributed by atoms with van der Waals surface area (Å²) >= 11 is 6.03. The van der Waals surface area contributed by atoms with Gasteiger partial charge in [-0.2, -0.15) is 0 Å². The Kier molecular flexibility index (Phi) is 7.29. The van der Waals surface area contributed by atoms with Gasteiger partial charge >= 0.3 is 11.9 Å². The molecule has 0 aliphatic rings. The van der Waals surface area contributed by atoms with Crippen LogP contribution in [-0.2, 0) is 14.3 Å². The van der Waals surface area contributed by atoms with Gasteiger partial charge in [0.1, 0.15) is 5.38 Å². The van der Waals surface area contributed by atoms with Crippen molar-refractivity contribution in [2.45, 2.75) is 24.3 Å². The maximum absolute atomic E-state index is 13.3. The molecule has 0 aliphatic heterocycles. The van der Waals surface area contributed by atoms with Crippen LogP contribution in [0.5, 0.6) is 0 Å². The smallest absolute Gasteiger partial charge is 0.341 e. The van der Waals surface area contributed by atoms with Crippen LogP contribution in [-0.4, -0.2) is 36.1 Å². The molecule has 0 saturated heterocycles. The predicted octanol–water partition coefficient (Wildman–Crippen LogP) is 3.56. The number of esters is 2. The molecule has 0 saturated carbocycles. The fraction of sp³-hybridized carbons (Fsp3) is 0.211. The van der Waals surface area contributed by atoms with Gasteiger partial charge in [0.05, 0.1) is 11.1 Å². The van der Waals surface area contributed by atoms with E-state index in [2.05, 4.69) is 0 Å². The lowest BCUT2D eigenvalue weighted by atomic mass is 10.2. The van der Waals surface area contributed by atoms with Crippen molar-refractivity contribution in [1.82, 2.24) is 0 Å². The highest BCUT2D eigenvalue weighted by atomic mass is 35.5. The van der Waals surface area contributed by atoms with Gasteiger partial charge in [0.15, 0.2) is 12.5 Å². The Hall–Kier alpha value is -2.73. The van der Waals surface area contributed by atoms with Crippen LogP contribution >= 0.6 is 11.6 Å². The molecule has 5 nitrogen and oxygen atoms in total. The Morgan fingerprint density at radius 1 is 0.923 bits per heavy atom. The van der Waals surface area contributed by atoms with Crippen LogP contribution < -0.4 is 0 Å². The molecule has 0 radical (unpaired) electrons. The average molecular weight is 379 g/mol. The lowest BCUT2D eigenvalue weighted by Crippen LogP contribution is -2.34. The predicted molar refractivity (Wildman–Crippen MR) is 92.7 cm³/mol. The number of hydrogen-bond acceptors (Lipinski definition) is 5. The molecule has 2 aromatic rings. The van der Waals surface area contributed by atoms with Crippen LogP contribution in [0, 0.1) is 0 Å². The van der Waals surface area contributed by atoms with Crippen molar-refractivity contribution >= 4 is 29.8 Å². The Labute approximate surface area is 154 Å². The fourth-order valence-electron chi connectivity index (χ4n) is 2.05. The zero-order chi connectivity index (χ0) is 18.9. The number of aldehydes is 1. The van der Waals surface area contributed by atoms with E-state index in [0.29, 0.717) is 0 Å². The molecule has 0 spiro atoms. The average Bonchev–Trinajstić information content (AvgIpc) is 2.68. The molecule has 26 heavy (non-hydrogen) atoms. The second-order valence-electron chi connectivity index (χ2n) is 5.31. The number of benzene rings is 2. The lowest BCUT2D eigenvalue weighted by molar-refractivity contribution is -0.113. The summed E-state index contributed by atoms with van der Waals surface area (Å²) in [6.07, 6.45) is -3.83. The molecular formula is C19H16ClFO5. The molecule has 0 fully saturated rings. The van der Waals surface area contributed by atoms with Crippen molar-refractivity contribution in [2.75, 3.05) is 0 Å². The molecule has 0 aliphatic carbocycles. The molecule has 0 unspecified atom stereocenters. The van der Waals surface area contributed by atoms with Gasteiger partial charge in [-0.1, -0.05) is 36.4 Å². The molecule has 0 heterocycles. The molecule has 2 atom stereocenters. The van der Waals surface area contributed by atoms with Crippen LogP contribution in [0.15, 0.2) is 60.7 Å². The molecule has 0 amide bonds. The number of carbonyl (C=O) groups is 3. The standard InChI is InChI=1S/C19H16ClFO5/c20-16(11-15(21)12-22)19(25-17(23)13-7-3-1-4-8-13)26-18(24)14-9-5-2-6-10-14/h1-10,12,15-16,19H,11H2/t15-,16-/m0/s1. The molecular weight excluding hydrogens is 363 g/mol. The minimum Gasteiger partial charge on any atom is -0.420 e. The molecule has 136 valence electrons. The largest absolute Gasteiger partial charge is 0.420 e. The van der Waals surface area contributed by atoms with Gasteiger partial charge in [0.25, 0.3) is 6.29 Å². The van der Waals surface area contributed by atoms with Gasteiger partial charge in [-0.3, -0.25) is 0 Å². The molecule has 2 aromatic carbocycles. The van der Waals surface area contributed by atoms with E-state index in [0.717, 1.165) is 0 Å². The van der Waals surface area contributed by atoms with E-state index in [9.17, 15) is 18.8 Å². The molecule has 0 bridgehead atoms. The summed E-state index contributed by atoms with van der Waals surface area (Å²) in [5, 5.41) is -1.24. The summed E-state index contributed by atoms with van der Waals surface area (Å²) in [5.74, 6) is -1.58. The third kappa shape index (κ3) is 5.67. The van der Waals surface area contributed by atoms with Gasteiger partial charge in [0, 0.05) is 6.42 Å². The van der Waals surface area contributed by atoms with Crippen molar-refractivity contribution in [3.8, 4) is 0 Å². The third-order valence-electron chi connectivity index (χ3n) is 3.36. The van der Waals surface area contributed by atoms with Crippen molar-refractivity contribution in [3.05, 3.63) is 71.8 Å². The SMILES string of the molecule is O=C[C@@H](F)C[C@H](Cl)C(OC(=O)c1ccccc1)OC(=O)c1ccccc1. The number of halogens is 2. The van der Waals surface area contributed by atoms with Crippen molar-refractivity contribution in [2.24, 2.45) is 0 Å². The zero-order valence-corrected chi connectivity index (χ0v) is 14.3. The van der Waals surface area contributed by atoms with Crippen LogP contribution in [0.4, 0.5) is 4.39 Å². The maximum Gasteiger partial charge on any atom is 0.341 e. The second-order valence-corrected chi connectivity index (χ2v) is 5.88. The van der Waals surface area contributed by atoms with Gasteiger partial charge in [-0.05, 0) is 24.3 Å². The van der Waals surface area contributed by atoms with Crippen molar-refractivity contribution in [1.29, 1.82) is 0 Å². The topological polar surface area (TPSA) is 69.7 Å². The summed E-state index contributed by atoms with van der Waals surface area (Å²) in [6.45, 7) is 0. The van der Waals surface area contributed by atoms with Gasteiger partial charge < -0.3 is 14.3 Å². The molecule has 0 N–H and O–H groups in total. The summed E-state index contributed by atoms with van der Waals surface area (Å²) < 4.78 is 23.6. The number of rotatable bonds is 8. The van der Waals surface area contributed by atoms with Crippen LogP contribution in [0.3, 0.4) is 0 Å². The summed E-state index contributed by atoms with van der Waals surface area (Å²) in [5.41, 5.74) is 0.425. The summed E-state index contributed by atoms with van der Waals surface area (Å²) in [4.78, 5) is 34.9. The highest BCUT2D eigenvalue weighted by molar-refractivity contribution is 6.21. The van der Waals surface area contributed by atoms with Crippen molar-refractivity contribution in [3.63, 3.8) is 0 Å². The summed E-state index contributed by atoms with van der Waals surface area (Å²) in [6, 6.07) is 16.0. The Balaban J connectivity index is 2.14. The first kappa shape index (κ1) is 19.6. The minimum atomic E-state index is -1.87. The monoisotopic (exact) mass is 378 g/mol. The van der Waals surface area contributed by atoms with E-state index in [1.54, 1.807) is 36.4 Å². The van der Waals surface area contributed by atoms with E-state index >= 15 is 0 Å². The molecule has 7 heteroatoms. The second kappa shape index (κ2) is 9.68. The number of alkyl halides is 2. The quantitative estimate of drug-likeness (QED) is 0.304. The number of ether oxygens (including phenoxy) is 2. The van der Waals surface area contributed by atoms with Gasteiger partial charge in [-0.25, -0.2) is 14.0 Å². The number of carbonyl (C=O) groups excluding carboxylic acids is 3. The first-order valence-electron chi connectivity index (χ1n) is 7.76. The molecule has 0 aromatic heterocycles. The lowest BCUT2D eigenvalue weighted by Gasteiger charge is -2.22. The van der Waals surface area contributed by atoms with Crippen LogP contribution in [0.1, 0.15) is 27.1 Å². The highest BCUT2D eigenvalue weighted by Gasteiger charge is 2.30. The zero-order valence-electron chi connectivity index (χ0n) is 13.6. The Morgan fingerprint density at radius 3 is 1.73 bits per heavy atom. The fourth-order valence-corrected chi connectivity index (χ4v) is 2.32. The van der Waals surface area contributed by atoms with E-state index in [-0.39, 0.29) is 17.4 Å². The first-order valence-corrected chi connectivity index (χ1v) is 8.20. The van der Waals surface area contributed by atoms with E-state index < -0.39 is 36.2 Å². The molecule has 2 rings (SSSR count). The Bertz CT molecular complexity index is 685. The Morgan fingerprint density at radius 2 is 1.35 bits per heavy atom. The minimum absolute atomic E-state index is 0.0739. The maximum atomic E-state index is 13.3. The van der Waals surface area contributed by atoms with Gasteiger partial charge in [0.2, 0.25) is 0 Å². The summed E-state index contributed by atoms with van der Waals surface area (Å²) in [7, 11) is 0. The first-order chi connectivity index (χ1) is 12.5. The van der Waals surface area contributed by atoms with E-state index in [4.69, 9.17) is 21.1 Å². The van der Waals surface area contributed by atoms with Crippen molar-refractivity contribution < 1.29 is 28.2 Å². The highest BCUT2D eigenvalue weighted by Crippen LogP contribution is 2.19. The van der Waals surface area contributed by atoms with Crippen LogP contribution in [0.2, 0.25) is 0 Å². The van der Waals surface area contributed by atoms with Gasteiger partial charge in [-0.15, -0.1) is 11.6 Å². The number of hydrogen-bond donors (Lipinski definition) is 0. The van der Waals surface area contributed by atoms with E-state index in [1.165, 1.54) is 24.3 Å². The van der Waals surface area contributed by atoms with Crippen LogP contribution in [0.25, 0.3) is 0 Å². The third-order valence-corrected chi connectivity index (χ3v) is 3.74. The van der Waals surface area contributed by atoms with E-state index in [1.807, 2.05) is 0 Å².